The number of nitrogens with one attached hydrogen (secondary N) is 1. The predicted molar refractivity (Wildman–Crippen MR) is 104 cm³/mol. The molecule has 0 aromatic heterocycles. The topological polar surface area (TPSA) is 66.5 Å². The van der Waals surface area contributed by atoms with Gasteiger partial charge in [-0.2, -0.15) is 0 Å². The third-order valence-electron chi connectivity index (χ3n) is 4.53. The molecule has 0 heterocycles. The summed E-state index contributed by atoms with van der Waals surface area (Å²) in [5.41, 5.74) is 3.47. The number of carbonyl (C=O) groups excluding carboxylic acids is 1. The second kappa shape index (κ2) is 6.76. The molecule has 1 aliphatic carbocycles. The number of carbonyl (C=O) groups is 1. The van der Waals surface area contributed by atoms with Gasteiger partial charge in [0.2, 0.25) is 5.91 Å². The first-order valence-corrected chi connectivity index (χ1v) is 10.2. The van der Waals surface area contributed by atoms with E-state index in [1.165, 1.54) is 6.92 Å². The van der Waals surface area contributed by atoms with E-state index in [4.69, 9.17) is 0 Å². The number of hydrogen-bond acceptors (Lipinski definition) is 3. The zero-order valence-electron chi connectivity index (χ0n) is 15.5. The van der Waals surface area contributed by atoms with E-state index in [9.17, 15) is 13.2 Å². The zero-order valence-corrected chi connectivity index (χ0v) is 16.4. The molecule has 0 saturated heterocycles. The van der Waals surface area contributed by atoms with E-state index in [2.05, 4.69) is 4.72 Å². The summed E-state index contributed by atoms with van der Waals surface area (Å²) in [7, 11) is -3.77. The quantitative estimate of drug-likeness (QED) is 0.865. The van der Waals surface area contributed by atoms with Gasteiger partial charge in [0.1, 0.15) is 0 Å². The first-order chi connectivity index (χ1) is 12.2. The van der Waals surface area contributed by atoms with Crippen LogP contribution in [-0.4, -0.2) is 20.4 Å². The van der Waals surface area contributed by atoms with Crippen LogP contribution in [0.15, 0.2) is 41.3 Å². The molecule has 2 aromatic carbocycles. The van der Waals surface area contributed by atoms with Gasteiger partial charge in [-0.15, -0.1) is 0 Å². The van der Waals surface area contributed by atoms with E-state index >= 15 is 0 Å². The van der Waals surface area contributed by atoms with Crippen molar-refractivity contribution in [2.45, 2.75) is 51.5 Å². The Morgan fingerprint density at radius 3 is 2.19 bits per heavy atom. The third-order valence-corrected chi connectivity index (χ3v) is 6.20. The smallest absolute Gasteiger partial charge is 0.262 e. The summed E-state index contributed by atoms with van der Waals surface area (Å²) in [6.07, 6.45) is 1.88. The number of anilines is 2. The Morgan fingerprint density at radius 2 is 1.65 bits per heavy atom. The number of nitrogens with zero attached hydrogens (tertiary/aromatic N) is 1. The van der Waals surface area contributed by atoms with Crippen LogP contribution in [-0.2, 0) is 14.8 Å². The number of hydrogen-bond donors (Lipinski definition) is 1. The van der Waals surface area contributed by atoms with Gasteiger partial charge in [-0.25, -0.2) is 8.42 Å². The molecule has 138 valence electrons. The van der Waals surface area contributed by atoms with Gasteiger partial charge in [0.05, 0.1) is 16.3 Å². The molecular formula is C20H24N2O3S. The van der Waals surface area contributed by atoms with Crippen LogP contribution in [0, 0.1) is 20.8 Å². The maximum absolute atomic E-state index is 13.1. The fourth-order valence-electron chi connectivity index (χ4n) is 3.51. The van der Waals surface area contributed by atoms with Crippen molar-refractivity contribution < 1.29 is 13.2 Å². The Balaban J connectivity index is 2.03. The van der Waals surface area contributed by atoms with Gasteiger partial charge >= 0.3 is 0 Å². The van der Waals surface area contributed by atoms with Crippen molar-refractivity contribution in [3.63, 3.8) is 0 Å². The van der Waals surface area contributed by atoms with Gasteiger partial charge in [-0.3, -0.25) is 9.52 Å². The fraction of sp³-hybridized carbons (Fsp3) is 0.350. The minimum Gasteiger partial charge on any atom is -0.308 e. The molecule has 0 aliphatic heterocycles. The molecule has 5 nitrogen and oxygen atoms in total. The number of amides is 1. The van der Waals surface area contributed by atoms with E-state index in [1.807, 2.05) is 25.1 Å². The molecule has 1 amide bonds. The van der Waals surface area contributed by atoms with E-state index in [-0.39, 0.29) is 11.9 Å². The summed E-state index contributed by atoms with van der Waals surface area (Å²) < 4.78 is 28.8. The highest BCUT2D eigenvalue weighted by molar-refractivity contribution is 7.92. The first kappa shape index (κ1) is 18.5. The minimum absolute atomic E-state index is 0.0816. The average Bonchev–Trinajstić information content (AvgIpc) is 3.31. The number of aryl methyl sites for hydroxylation is 3. The molecule has 26 heavy (non-hydrogen) atoms. The molecule has 6 heteroatoms. The molecular weight excluding hydrogens is 348 g/mol. The van der Waals surface area contributed by atoms with Crippen LogP contribution in [0.4, 0.5) is 11.4 Å². The van der Waals surface area contributed by atoms with E-state index in [1.54, 1.807) is 36.9 Å². The third kappa shape index (κ3) is 3.60. The lowest BCUT2D eigenvalue weighted by atomic mass is 10.1. The summed E-state index contributed by atoms with van der Waals surface area (Å²) in [6.45, 7) is 7.05. The number of rotatable bonds is 5. The van der Waals surface area contributed by atoms with Crippen molar-refractivity contribution in [2.75, 3.05) is 9.62 Å². The fourth-order valence-corrected chi connectivity index (χ4v) is 5.04. The first-order valence-electron chi connectivity index (χ1n) is 8.70. The summed E-state index contributed by atoms with van der Waals surface area (Å²) in [5, 5.41) is 0. The van der Waals surface area contributed by atoms with Crippen LogP contribution >= 0.6 is 0 Å². The minimum atomic E-state index is -3.77. The monoisotopic (exact) mass is 372 g/mol. The van der Waals surface area contributed by atoms with Crippen molar-refractivity contribution in [3.05, 3.63) is 53.1 Å². The molecule has 0 spiro atoms. The van der Waals surface area contributed by atoms with Gasteiger partial charge in [-0.1, -0.05) is 29.8 Å². The Kier molecular flexibility index (Phi) is 4.80. The van der Waals surface area contributed by atoms with Crippen molar-refractivity contribution in [3.8, 4) is 0 Å². The van der Waals surface area contributed by atoms with Crippen LogP contribution < -0.4 is 9.62 Å². The lowest BCUT2D eigenvalue weighted by Gasteiger charge is -2.24. The summed E-state index contributed by atoms with van der Waals surface area (Å²) in [6, 6.07) is 10.9. The molecule has 0 bridgehead atoms. The van der Waals surface area contributed by atoms with Gasteiger partial charge in [0.15, 0.2) is 0 Å². The lowest BCUT2D eigenvalue weighted by Crippen LogP contribution is -2.31. The summed E-state index contributed by atoms with van der Waals surface area (Å²) in [4.78, 5) is 14.1. The second-order valence-electron chi connectivity index (χ2n) is 6.97. The van der Waals surface area contributed by atoms with Gasteiger partial charge < -0.3 is 4.90 Å². The predicted octanol–water partition coefficient (Wildman–Crippen LogP) is 3.93. The molecule has 0 unspecified atom stereocenters. The lowest BCUT2D eigenvalue weighted by molar-refractivity contribution is -0.116. The largest absolute Gasteiger partial charge is 0.308 e. The average molecular weight is 372 g/mol. The molecule has 0 atom stereocenters. The summed E-state index contributed by atoms with van der Waals surface area (Å²) in [5.74, 6) is -0.0816. The van der Waals surface area contributed by atoms with E-state index in [0.29, 0.717) is 27.4 Å². The van der Waals surface area contributed by atoms with E-state index in [0.717, 1.165) is 18.4 Å². The zero-order chi connectivity index (χ0) is 19.1. The Hall–Kier alpha value is -2.34. The molecule has 3 rings (SSSR count). The van der Waals surface area contributed by atoms with E-state index < -0.39 is 10.0 Å². The molecule has 1 saturated carbocycles. The highest BCUT2D eigenvalue weighted by Crippen LogP contribution is 2.37. The second-order valence-corrected chi connectivity index (χ2v) is 8.59. The standard InChI is InChI=1S/C20H24N2O3S/c1-13-11-14(2)20(15(3)12-13)26(24,25)21-18-7-5-6-8-19(18)22(16(4)23)17-9-10-17/h5-8,11-12,17,21H,9-10H2,1-4H3. The van der Waals surface area contributed by atoms with Gasteiger partial charge in [0.25, 0.3) is 10.0 Å². The number of benzene rings is 2. The molecule has 1 N–H and O–H groups in total. The van der Waals surface area contributed by atoms with Crippen LogP contribution in [0.3, 0.4) is 0 Å². The molecule has 2 aromatic rings. The van der Waals surface area contributed by atoms with Crippen LogP contribution in [0.1, 0.15) is 36.5 Å². The van der Waals surface area contributed by atoms with Crippen molar-refractivity contribution >= 4 is 27.3 Å². The maximum atomic E-state index is 13.1. The Morgan fingerprint density at radius 1 is 1.08 bits per heavy atom. The van der Waals surface area contributed by atoms with Crippen molar-refractivity contribution in [2.24, 2.45) is 0 Å². The number of para-hydroxylation sites is 2. The van der Waals surface area contributed by atoms with Crippen LogP contribution in [0.25, 0.3) is 0 Å². The van der Waals surface area contributed by atoms with Crippen molar-refractivity contribution in [1.82, 2.24) is 0 Å². The molecule has 1 aliphatic rings. The van der Waals surface area contributed by atoms with Crippen LogP contribution in [0.2, 0.25) is 0 Å². The highest BCUT2D eigenvalue weighted by Gasteiger charge is 2.33. The van der Waals surface area contributed by atoms with Gasteiger partial charge in [0, 0.05) is 13.0 Å². The summed E-state index contributed by atoms with van der Waals surface area (Å²) >= 11 is 0. The molecule has 1 fully saturated rings. The SMILES string of the molecule is CC(=O)N(c1ccccc1NS(=O)(=O)c1c(C)cc(C)cc1C)C1CC1. The Bertz CT molecular complexity index is 940. The molecule has 0 radical (unpaired) electrons. The number of sulfonamides is 1. The Labute approximate surface area is 155 Å². The van der Waals surface area contributed by atoms with Gasteiger partial charge in [-0.05, 0) is 56.9 Å². The van der Waals surface area contributed by atoms with Crippen LogP contribution in [0.5, 0.6) is 0 Å². The van der Waals surface area contributed by atoms with Crippen molar-refractivity contribution in [1.29, 1.82) is 0 Å². The highest BCUT2D eigenvalue weighted by atomic mass is 32.2. The normalized spacial score (nSPS) is 14.2. The maximum Gasteiger partial charge on any atom is 0.262 e.